The fourth-order valence-corrected chi connectivity index (χ4v) is 1.41. The molecule has 0 spiro atoms. The highest BCUT2D eigenvalue weighted by atomic mass is 19.1. The number of fused-ring (bicyclic) bond motifs is 1. The van der Waals surface area contributed by atoms with Crippen molar-refractivity contribution >= 4 is 18.6 Å². The molecule has 0 unspecified atom stereocenters. The third-order valence-corrected chi connectivity index (χ3v) is 2.12. The highest BCUT2D eigenvalue weighted by molar-refractivity contribution is 6.61. The van der Waals surface area contributed by atoms with Crippen molar-refractivity contribution in [2.24, 2.45) is 0 Å². The molecule has 0 aromatic heterocycles. The first-order valence-corrected chi connectivity index (χ1v) is 3.95. The van der Waals surface area contributed by atoms with Gasteiger partial charge in [0, 0.05) is 0 Å². The van der Waals surface area contributed by atoms with Crippen LogP contribution in [0.3, 0.4) is 0 Å². The Labute approximate surface area is 79.1 Å². The van der Waals surface area contributed by atoms with E-state index in [4.69, 9.17) is 9.76 Å². The second kappa shape index (κ2) is 3.07. The average molecular weight is 196 g/mol. The third kappa shape index (κ3) is 1.28. The molecule has 0 saturated heterocycles. The summed E-state index contributed by atoms with van der Waals surface area (Å²) >= 11 is 0. The van der Waals surface area contributed by atoms with E-state index < -0.39 is 24.5 Å². The van der Waals surface area contributed by atoms with Gasteiger partial charge >= 0.3 is 13.1 Å². The van der Waals surface area contributed by atoms with Crippen LogP contribution in [0.15, 0.2) is 12.1 Å². The predicted molar refractivity (Wildman–Crippen MR) is 45.8 cm³/mol. The van der Waals surface area contributed by atoms with Crippen LogP contribution in [-0.2, 0) is 11.3 Å². The van der Waals surface area contributed by atoms with Gasteiger partial charge in [-0.2, -0.15) is 0 Å². The largest absolute Gasteiger partial charge is 0.491 e. The van der Waals surface area contributed by atoms with Crippen molar-refractivity contribution in [3.63, 3.8) is 0 Å². The fraction of sp³-hybridized carbons (Fsp3) is 0.125. The summed E-state index contributed by atoms with van der Waals surface area (Å²) in [7, 11) is -1.15. The third-order valence-electron chi connectivity index (χ3n) is 2.12. The van der Waals surface area contributed by atoms with Crippen LogP contribution >= 0.6 is 0 Å². The number of carboxylic acid groups (broad SMARTS) is 1. The summed E-state index contributed by atoms with van der Waals surface area (Å²) in [5.41, 5.74) is 0.358. The van der Waals surface area contributed by atoms with E-state index in [2.05, 4.69) is 0 Å². The number of hydrogen-bond acceptors (Lipinski definition) is 3. The van der Waals surface area contributed by atoms with Crippen molar-refractivity contribution in [3.05, 3.63) is 29.1 Å². The first-order valence-electron chi connectivity index (χ1n) is 3.95. The van der Waals surface area contributed by atoms with Gasteiger partial charge in [-0.15, -0.1) is 0 Å². The van der Waals surface area contributed by atoms with Gasteiger partial charge in [0.15, 0.2) is 0 Å². The summed E-state index contributed by atoms with van der Waals surface area (Å²) < 4.78 is 17.9. The van der Waals surface area contributed by atoms with Crippen molar-refractivity contribution in [1.82, 2.24) is 0 Å². The first-order chi connectivity index (χ1) is 6.59. The van der Waals surface area contributed by atoms with Crippen molar-refractivity contribution in [3.8, 4) is 0 Å². The van der Waals surface area contributed by atoms with Gasteiger partial charge in [-0.1, -0.05) is 0 Å². The number of halogens is 1. The van der Waals surface area contributed by atoms with Crippen LogP contribution in [0.4, 0.5) is 4.39 Å². The van der Waals surface area contributed by atoms with Gasteiger partial charge in [0.05, 0.1) is 12.2 Å². The summed E-state index contributed by atoms with van der Waals surface area (Å²) in [5, 5.41) is 17.9. The number of aromatic carboxylic acids is 1. The van der Waals surface area contributed by atoms with Gasteiger partial charge in [-0.05, 0) is 23.2 Å². The molecule has 0 radical (unpaired) electrons. The molecule has 1 aliphatic rings. The molecule has 1 aromatic rings. The molecular formula is C8H6BFO4. The number of hydrogen-bond donors (Lipinski definition) is 2. The van der Waals surface area contributed by atoms with Crippen LogP contribution < -0.4 is 5.46 Å². The van der Waals surface area contributed by atoms with Crippen molar-refractivity contribution in [2.75, 3.05) is 0 Å². The lowest BCUT2D eigenvalue weighted by atomic mass is 9.78. The molecule has 0 fully saturated rings. The summed E-state index contributed by atoms with van der Waals surface area (Å²) in [6.07, 6.45) is 0. The zero-order chi connectivity index (χ0) is 10.3. The molecule has 6 heteroatoms. The summed E-state index contributed by atoms with van der Waals surface area (Å²) in [5.74, 6) is -2.17. The van der Waals surface area contributed by atoms with E-state index in [1.807, 2.05) is 0 Å². The Kier molecular flexibility index (Phi) is 2.01. The van der Waals surface area contributed by atoms with Gasteiger partial charge in [0.25, 0.3) is 0 Å². The highest BCUT2D eigenvalue weighted by Gasteiger charge is 2.29. The molecule has 2 rings (SSSR count). The highest BCUT2D eigenvalue weighted by Crippen LogP contribution is 2.15. The van der Waals surface area contributed by atoms with E-state index in [0.717, 1.165) is 12.1 Å². The van der Waals surface area contributed by atoms with E-state index >= 15 is 0 Å². The molecule has 2 N–H and O–H groups in total. The Bertz CT molecular complexity index is 407. The van der Waals surface area contributed by atoms with Gasteiger partial charge in [0.1, 0.15) is 5.82 Å². The zero-order valence-corrected chi connectivity index (χ0v) is 7.03. The van der Waals surface area contributed by atoms with E-state index in [0.29, 0.717) is 11.0 Å². The monoisotopic (exact) mass is 196 g/mol. The second-order valence-corrected chi connectivity index (χ2v) is 3.00. The molecule has 1 heterocycles. The molecule has 0 saturated carbocycles. The zero-order valence-electron chi connectivity index (χ0n) is 7.03. The Balaban J connectivity index is 2.57. The molecule has 72 valence electrons. The van der Waals surface area contributed by atoms with E-state index in [1.165, 1.54) is 0 Å². The van der Waals surface area contributed by atoms with E-state index in [-0.39, 0.29) is 6.61 Å². The Morgan fingerprint density at radius 1 is 1.57 bits per heavy atom. The van der Waals surface area contributed by atoms with Crippen LogP contribution in [0, 0.1) is 5.82 Å². The average Bonchev–Trinajstić information content (AvgIpc) is 2.46. The first kappa shape index (κ1) is 9.17. The standard InChI is InChI=1S/C8H6BFO4/c10-7-1-4-3-14-9(13)6(4)2-5(7)8(11)12/h1-2,13H,3H2,(H,11,12). The Morgan fingerprint density at radius 2 is 2.29 bits per heavy atom. The van der Waals surface area contributed by atoms with Crippen molar-refractivity contribution in [2.45, 2.75) is 6.61 Å². The molecule has 14 heavy (non-hydrogen) atoms. The van der Waals surface area contributed by atoms with Crippen LogP contribution in [0.25, 0.3) is 0 Å². The van der Waals surface area contributed by atoms with E-state index in [9.17, 15) is 14.2 Å². The molecule has 0 bridgehead atoms. The fourth-order valence-electron chi connectivity index (χ4n) is 1.41. The second-order valence-electron chi connectivity index (χ2n) is 3.00. The quantitative estimate of drug-likeness (QED) is 0.607. The lowest BCUT2D eigenvalue weighted by molar-refractivity contribution is 0.0692. The normalized spacial score (nSPS) is 14.3. The minimum Gasteiger partial charge on any atom is -0.478 e. The van der Waals surface area contributed by atoms with Crippen molar-refractivity contribution < 1.29 is 24.0 Å². The van der Waals surface area contributed by atoms with Gasteiger partial charge in [0.2, 0.25) is 0 Å². The molecule has 0 amide bonds. The molecular weight excluding hydrogens is 190 g/mol. The van der Waals surface area contributed by atoms with Crippen molar-refractivity contribution in [1.29, 1.82) is 0 Å². The smallest absolute Gasteiger partial charge is 0.478 e. The molecule has 0 aliphatic carbocycles. The number of carboxylic acids is 1. The summed E-state index contributed by atoms with van der Waals surface area (Å²) in [6.45, 7) is 0.104. The minimum absolute atomic E-state index is 0.104. The Hall–Kier alpha value is -1.40. The van der Waals surface area contributed by atoms with Gasteiger partial charge in [-0.25, -0.2) is 9.18 Å². The van der Waals surface area contributed by atoms with E-state index in [1.54, 1.807) is 0 Å². The number of carbonyl (C=O) groups is 1. The summed E-state index contributed by atoms with van der Waals surface area (Å²) in [4.78, 5) is 10.6. The van der Waals surface area contributed by atoms with Gasteiger partial charge < -0.3 is 14.8 Å². The lowest BCUT2D eigenvalue weighted by Gasteiger charge is -2.01. The molecule has 1 aliphatic heterocycles. The maximum Gasteiger partial charge on any atom is 0.491 e. The molecule has 4 nitrogen and oxygen atoms in total. The molecule has 0 atom stereocenters. The minimum atomic E-state index is -1.36. The Morgan fingerprint density at radius 3 is 2.93 bits per heavy atom. The number of rotatable bonds is 1. The van der Waals surface area contributed by atoms with Crippen LogP contribution in [0.2, 0.25) is 0 Å². The van der Waals surface area contributed by atoms with Crippen LogP contribution in [0.1, 0.15) is 15.9 Å². The SMILES string of the molecule is O=C(O)c1cc2c(cc1F)COB2O. The molecule has 1 aromatic carbocycles. The summed E-state index contributed by atoms with van der Waals surface area (Å²) in [6, 6.07) is 2.18. The number of benzene rings is 1. The van der Waals surface area contributed by atoms with Crippen LogP contribution in [-0.4, -0.2) is 23.2 Å². The van der Waals surface area contributed by atoms with Gasteiger partial charge in [-0.3, -0.25) is 0 Å². The maximum absolute atomic E-state index is 13.1. The maximum atomic E-state index is 13.1. The predicted octanol–water partition coefficient (Wildman–Crippen LogP) is -0.258. The topological polar surface area (TPSA) is 66.8 Å². The van der Waals surface area contributed by atoms with Crippen LogP contribution in [0.5, 0.6) is 0 Å². The lowest BCUT2D eigenvalue weighted by Crippen LogP contribution is -2.29.